The molecule has 1 heterocycles. The highest BCUT2D eigenvalue weighted by Crippen LogP contribution is 2.21. The molecule has 7 heteroatoms. The summed E-state index contributed by atoms with van der Waals surface area (Å²) in [4.78, 5) is 4.58. The van der Waals surface area contributed by atoms with Crippen molar-refractivity contribution >= 4 is 16.0 Å². The Morgan fingerprint density at radius 2 is 1.48 bits per heavy atom. The minimum atomic E-state index is -3.35. The number of sulfonamides is 1. The Hall–Kier alpha value is -2.38. The second kappa shape index (κ2) is 9.01. The van der Waals surface area contributed by atoms with Gasteiger partial charge in [-0.05, 0) is 36.1 Å². The van der Waals surface area contributed by atoms with Crippen LogP contribution in [0.25, 0.3) is 0 Å². The molecule has 0 radical (unpaired) electrons. The zero-order chi connectivity index (χ0) is 19.1. The number of aliphatic imine (C=N–C) groups is 1. The predicted molar refractivity (Wildman–Crippen MR) is 108 cm³/mol. The van der Waals surface area contributed by atoms with Gasteiger partial charge in [0.25, 0.3) is 0 Å². The minimum Gasteiger partial charge on any atom is -0.352 e. The summed E-state index contributed by atoms with van der Waals surface area (Å²) in [7, 11) is -1.63. The molecule has 27 heavy (non-hydrogen) atoms. The zero-order valence-electron chi connectivity index (χ0n) is 15.6. The average Bonchev–Trinajstić information content (AvgIpc) is 3.25. The van der Waals surface area contributed by atoms with E-state index in [0.717, 1.165) is 18.4 Å². The van der Waals surface area contributed by atoms with Crippen LogP contribution in [0.3, 0.4) is 0 Å². The van der Waals surface area contributed by atoms with Gasteiger partial charge in [-0.3, -0.25) is 4.99 Å². The van der Waals surface area contributed by atoms with Gasteiger partial charge in [-0.15, -0.1) is 0 Å². The van der Waals surface area contributed by atoms with Gasteiger partial charge in [0.15, 0.2) is 5.96 Å². The number of nitrogens with one attached hydrogen (secondary N) is 2. The Balaban J connectivity index is 1.54. The molecule has 0 bridgehead atoms. The maximum absolute atomic E-state index is 12.6. The second-order valence-electron chi connectivity index (χ2n) is 6.52. The quantitative estimate of drug-likeness (QED) is 0.590. The Labute approximate surface area is 161 Å². The van der Waals surface area contributed by atoms with Crippen molar-refractivity contribution in [3.8, 4) is 0 Å². The lowest BCUT2D eigenvalue weighted by Crippen LogP contribution is -2.36. The maximum Gasteiger partial charge on any atom is 0.243 e. The first-order valence-corrected chi connectivity index (χ1v) is 10.6. The van der Waals surface area contributed by atoms with Gasteiger partial charge in [-0.1, -0.05) is 42.5 Å². The molecule has 6 nitrogen and oxygen atoms in total. The molecule has 0 unspecified atom stereocenters. The number of hydrogen-bond donors (Lipinski definition) is 2. The summed E-state index contributed by atoms with van der Waals surface area (Å²) in [6, 6.07) is 17.2. The van der Waals surface area contributed by atoms with Gasteiger partial charge in [-0.2, -0.15) is 4.31 Å². The number of benzene rings is 2. The predicted octanol–water partition coefficient (Wildman–Crippen LogP) is 2.34. The van der Waals surface area contributed by atoms with Crippen LogP contribution in [0.2, 0.25) is 0 Å². The number of rotatable bonds is 6. The van der Waals surface area contributed by atoms with Gasteiger partial charge in [0, 0.05) is 33.2 Å². The Kier molecular flexibility index (Phi) is 6.47. The van der Waals surface area contributed by atoms with E-state index < -0.39 is 10.0 Å². The molecule has 1 fully saturated rings. The van der Waals surface area contributed by atoms with Crippen LogP contribution < -0.4 is 10.6 Å². The topological polar surface area (TPSA) is 73.8 Å². The molecule has 2 aromatic carbocycles. The average molecular weight is 387 g/mol. The fraction of sp³-hybridized carbons (Fsp3) is 0.350. The first kappa shape index (κ1) is 19.4. The summed E-state index contributed by atoms with van der Waals surface area (Å²) in [5.41, 5.74) is 2.18. The van der Waals surface area contributed by atoms with Gasteiger partial charge in [0.2, 0.25) is 10.0 Å². The van der Waals surface area contributed by atoms with Crippen LogP contribution in [0.15, 0.2) is 64.5 Å². The molecule has 144 valence electrons. The highest BCUT2D eigenvalue weighted by Gasteiger charge is 2.26. The van der Waals surface area contributed by atoms with Crippen molar-refractivity contribution in [2.75, 3.05) is 20.1 Å². The van der Waals surface area contributed by atoms with Crippen LogP contribution in [0.1, 0.15) is 24.0 Å². The number of hydrogen-bond acceptors (Lipinski definition) is 3. The van der Waals surface area contributed by atoms with Crippen molar-refractivity contribution in [1.82, 2.24) is 14.9 Å². The molecule has 0 saturated carbocycles. The Morgan fingerprint density at radius 1 is 0.926 bits per heavy atom. The van der Waals surface area contributed by atoms with Crippen LogP contribution in [0.5, 0.6) is 0 Å². The summed E-state index contributed by atoms with van der Waals surface area (Å²) < 4.78 is 26.7. The maximum atomic E-state index is 12.6. The van der Waals surface area contributed by atoms with E-state index in [0.29, 0.717) is 37.0 Å². The van der Waals surface area contributed by atoms with Gasteiger partial charge in [-0.25, -0.2) is 8.42 Å². The molecule has 3 rings (SSSR count). The molecule has 0 aliphatic carbocycles. The molecule has 1 aliphatic heterocycles. The van der Waals surface area contributed by atoms with Crippen molar-refractivity contribution in [2.24, 2.45) is 4.99 Å². The normalized spacial score (nSPS) is 15.7. The highest BCUT2D eigenvalue weighted by molar-refractivity contribution is 7.89. The zero-order valence-corrected chi connectivity index (χ0v) is 16.4. The summed E-state index contributed by atoms with van der Waals surface area (Å²) in [5, 5.41) is 6.51. The molecular formula is C20H26N4O2S. The molecule has 0 atom stereocenters. The second-order valence-corrected chi connectivity index (χ2v) is 8.46. The van der Waals surface area contributed by atoms with E-state index >= 15 is 0 Å². The monoisotopic (exact) mass is 386 g/mol. The summed E-state index contributed by atoms with van der Waals surface area (Å²) in [5.74, 6) is 0.701. The van der Waals surface area contributed by atoms with Gasteiger partial charge in [0.05, 0.1) is 4.90 Å². The van der Waals surface area contributed by atoms with Gasteiger partial charge < -0.3 is 10.6 Å². The van der Waals surface area contributed by atoms with Gasteiger partial charge >= 0.3 is 0 Å². The lowest BCUT2D eigenvalue weighted by atomic mass is 10.2. The van der Waals surface area contributed by atoms with E-state index in [1.807, 2.05) is 30.3 Å². The summed E-state index contributed by atoms with van der Waals surface area (Å²) in [6.07, 6.45) is 1.88. The fourth-order valence-corrected chi connectivity index (χ4v) is 4.56. The molecule has 0 aromatic heterocycles. The standard InChI is InChI=1S/C20H26N4O2S/c1-21-20(22-15-17-7-3-2-4-8-17)23-16-18-9-11-19(12-10-18)27(25,26)24-13-5-6-14-24/h2-4,7-12H,5-6,13-16H2,1H3,(H2,21,22,23). The Morgan fingerprint density at radius 3 is 2.04 bits per heavy atom. The van der Waals surface area contributed by atoms with Crippen molar-refractivity contribution in [3.63, 3.8) is 0 Å². The summed E-state index contributed by atoms with van der Waals surface area (Å²) >= 11 is 0. The van der Waals surface area contributed by atoms with E-state index in [-0.39, 0.29) is 0 Å². The highest BCUT2D eigenvalue weighted by atomic mass is 32.2. The summed E-state index contributed by atoms with van der Waals surface area (Å²) in [6.45, 7) is 2.50. The minimum absolute atomic E-state index is 0.361. The molecule has 2 N–H and O–H groups in total. The van der Waals surface area contributed by atoms with Crippen molar-refractivity contribution in [2.45, 2.75) is 30.8 Å². The largest absolute Gasteiger partial charge is 0.352 e. The molecule has 1 saturated heterocycles. The smallest absolute Gasteiger partial charge is 0.243 e. The molecule has 0 spiro atoms. The molecular weight excluding hydrogens is 360 g/mol. The Bertz CT molecular complexity index is 859. The fourth-order valence-electron chi connectivity index (χ4n) is 3.04. The lowest BCUT2D eigenvalue weighted by molar-refractivity contribution is 0.477. The van der Waals surface area contributed by atoms with E-state index in [1.165, 1.54) is 5.56 Å². The molecule has 0 amide bonds. The third-order valence-corrected chi connectivity index (χ3v) is 6.53. The number of nitrogens with zero attached hydrogens (tertiary/aromatic N) is 2. The van der Waals surface area contributed by atoms with Crippen LogP contribution in [0, 0.1) is 0 Å². The van der Waals surface area contributed by atoms with E-state index in [2.05, 4.69) is 27.8 Å². The third kappa shape index (κ3) is 5.08. The first-order valence-electron chi connectivity index (χ1n) is 9.17. The van der Waals surface area contributed by atoms with Crippen LogP contribution in [-0.4, -0.2) is 38.8 Å². The number of guanidine groups is 1. The molecule has 2 aromatic rings. The van der Waals surface area contributed by atoms with Crippen molar-refractivity contribution < 1.29 is 8.42 Å². The van der Waals surface area contributed by atoms with Crippen molar-refractivity contribution in [1.29, 1.82) is 0 Å². The van der Waals surface area contributed by atoms with Crippen molar-refractivity contribution in [3.05, 3.63) is 65.7 Å². The lowest BCUT2D eigenvalue weighted by Gasteiger charge is -2.16. The van der Waals surface area contributed by atoms with E-state index in [1.54, 1.807) is 23.5 Å². The van der Waals surface area contributed by atoms with Crippen LogP contribution in [-0.2, 0) is 23.1 Å². The third-order valence-electron chi connectivity index (χ3n) is 4.61. The van der Waals surface area contributed by atoms with Crippen LogP contribution >= 0.6 is 0 Å². The van der Waals surface area contributed by atoms with Crippen LogP contribution in [0.4, 0.5) is 0 Å². The first-order chi connectivity index (χ1) is 13.1. The SMILES string of the molecule is CN=C(NCc1ccccc1)NCc1ccc(S(=O)(=O)N2CCCC2)cc1. The molecule has 1 aliphatic rings. The van der Waals surface area contributed by atoms with E-state index in [9.17, 15) is 8.42 Å². The van der Waals surface area contributed by atoms with E-state index in [4.69, 9.17) is 0 Å². The van der Waals surface area contributed by atoms with Gasteiger partial charge in [0.1, 0.15) is 0 Å².